The molecule has 0 radical (unpaired) electrons. The highest BCUT2D eigenvalue weighted by Crippen LogP contribution is 2.54. The van der Waals surface area contributed by atoms with E-state index in [-0.39, 0.29) is 6.61 Å². The number of ether oxygens (including phenoxy) is 1. The maximum Gasteiger partial charge on any atom is 0.460 e. The Morgan fingerprint density at radius 3 is 1.63 bits per heavy atom. The minimum Gasteiger partial charge on any atom is -0.382 e. The van der Waals surface area contributed by atoms with Gasteiger partial charge in [0.15, 0.2) is 0 Å². The lowest BCUT2D eigenvalue weighted by Gasteiger charge is -2.33. The summed E-state index contributed by atoms with van der Waals surface area (Å²) in [6, 6.07) is 0. The zero-order chi connectivity index (χ0) is 15.5. The molecule has 0 aromatic carbocycles. The molecular weight excluding hydrogens is 295 g/mol. The molecule has 0 unspecified atom stereocenters. The summed E-state index contributed by atoms with van der Waals surface area (Å²) in [5.41, 5.74) is 0. The van der Waals surface area contributed by atoms with Crippen molar-refractivity contribution in [3.63, 3.8) is 0 Å². The van der Waals surface area contributed by atoms with E-state index in [2.05, 4.69) is 4.74 Å². The van der Waals surface area contributed by atoms with Crippen molar-refractivity contribution in [3.05, 3.63) is 0 Å². The second-order valence-electron chi connectivity index (χ2n) is 3.65. The predicted octanol–water partition coefficient (Wildman–Crippen LogP) is 4.27. The molecule has 0 spiro atoms. The van der Waals surface area contributed by atoms with Gasteiger partial charge in [-0.2, -0.15) is 39.5 Å². The van der Waals surface area contributed by atoms with Crippen LogP contribution in [-0.4, -0.2) is 37.2 Å². The third-order valence-corrected chi connectivity index (χ3v) is 2.19. The number of alkyl halides is 9. The van der Waals surface area contributed by atoms with Crippen LogP contribution in [0.5, 0.6) is 0 Å². The average Bonchev–Trinajstić information content (AvgIpc) is 2.22. The van der Waals surface area contributed by atoms with E-state index in [1.54, 1.807) is 0 Å². The summed E-state index contributed by atoms with van der Waals surface area (Å²) in [6.45, 7) is 1.09. The molecule has 0 aromatic heterocycles. The SMILES string of the molecule is CCOCCCC(F)(F)C(F)(F)C(F)(F)C(F)(F)F. The number of hydrogen-bond acceptors (Lipinski definition) is 1. The first-order chi connectivity index (χ1) is 8.31. The molecule has 0 aliphatic carbocycles. The van der Waals surface area contributed by atoms with Crippen LogP contribution < -0.4 is 0 Å². The maximum absolute atomic E-state index is 12.9. The van der Waals surface area contributed by atoms with Crippen molar-refractivity contribution in [1.82, 2.24) is 0 Å². The minimum absolute atomic E-state index is 0.0701. The highest BCUT2D eigenvalue weighted by atomic mass is 19.4. The van der Waals surface area contributed by atoms with Crippen molar-refractivity contribution in [2.45, 2.75) is 43.7 Å². The molecule has 0 aromatic rings. The summed E-state index contributed by atoms with van der Waals surface area (Å²) in [4.78, 5) is 0. The van der Waals surface area contributed by atoms with E-state index in [1.807, 2.05) is 0 Å². The Hall–Kier alpha value is -0.670. The lowest BCUT2D eigenvalue weighted by Crippen LogP contribution is -2.60. The smallest absolute Gasteiger partial charge is 0.382 e. The topological polar surface area (TPSA) is 9.23 Å². The van der Waals surface area contributed by atoms with Crippen molar-refractivity contribution in [3.8, 4) is 0 Å². The summed E-state index contributed by atoms with van der Waals surface area (Å²) in [5.74, 6) is -18.8. The summed E-state index contributed by atoms with van der Waals surface area (Å²) >= 11 is 0. The lowest BCUT2D eigenvalue weighted by atomic mass is 10.00. The molecule has 0 fully saturated rings. The van der Waals surface area contributed by atoms with Crippen molar-refractivity contribution in [2.24, 2.45) is 0 Å². The molecule has 1 nitrogen and oxygen atoms in total. The largest absolute Gasteiger partial charge is 0.460 e. The molecule has 0 N–H and O–H groups in total. The van der Waals surface area contributed by atoms with E-state index in [0.717, 1.165) is 0 Å². The van der Waals surface area contributed by atoms with Gasteiger partial charge in [-0.15, -0.1) is 0 Å². The highest BCUT2D eigenvalue weighted by Gasteiger charge is 2.81. The van der Waals surface area contributed by atoms with Gasteiger partial charge >= 0.3 is 23.9 Å². The summed E-state index contributed by atoms with van der Waals surface area (Å²) in [5, 5.41) is 0. The van der Waals surface area contributed by atoms with E-state index < -0.39 is 43.4 Å². The average molecular weight is 306 g/mol. The van der Waals surface area contributed by atoms with Gasteiger partial charge in [0.25, 0.3) is 0 Å². The van der Waals surface area contributed by atoms with Crippen LogP contribution in [0, 0.1) is 0 Å². The Balaban J connectivity index is 4.96. The van der Waals surface area contributed by atoms with Gasteiger partial charge in [0.05, 0.1) is 0 Å². The first kappa shape index (κ1) is 18.3. The normalized spacial score (nSPS) is 14.8. The van der Waals surface area contributed by atoms with Gasteiger partial charge in [-0.25, -0.2) is 0 Å². The fourth-order valence-corrected chi connectivity index (χ4v) is 1.11. The fraction of sp³-hybridized carbons (Fsp3) is 1.00. The molecule has 0 aliphatic heterocycles. The Labute approximate surface area is 102 Å². The molecule has 19 heavy (non-hydrogen) atoms. The fourth-order valence-electron chi connectivity index (χ4n) is 1.11. The Morgan fingerprint density at radius 1 is 0.789 bits per heavy atom. The van der Waals surface area contributed by atoms with E-state index in [9.17, 15) is 39.5 Å². The monoisotopic (exact) mass is 306 g/mol. The standard InChI is InChI=1S/C9H11F9O/c1-2-19-5-3-4-6(10,11)7(12,13)8(14,15)9(16,17)18/h2-5H2,1H3. The maximum atomic E-state index is 12.9. The van der Waals surface area contributed by atoms with Crippen LogP contribution in [0.3, 0.4) is 0 Å². The molecule has 0 bridgehead atoms. The third-order valence-electron chi connectivity index (χ3n) is 2.19. The van der Waals surface area contributed by atoms with Gasteiger partial charge in [0.2, 0.25) is 0 Å². The number of rotatable bonds is 7. The number of halogens is 9. The van der Waals surface area contributed by atoms with Gasteiger partial charge < -0.3 is 4.74 Å². The molecule has 0 saturated heterocycles. The molecule has 0 atom stereocenters. The third kappa shape index (κ3) is 3.67. The molecular formula is C9H11F9O. The van der Waals surface area contributed by atoms with Crippen molar-refractivity contribution < 1.29 is 44.3 Å². The van der Waals surface area contributed by atoms with Crippen molar-refractivity contribution in [2.75, 3.05) is 13.2 Å². The van der Waals surface area contributed by atoms with Crippen LogP contribution in [0.2, 0.25) is 0 Å². The zero-order valence-electron chi connectivity index (χ0n) is 9.64. The van der Waals surface area contributed by atoms with Crippen molar-refractivity contribution in [1.29, 1.82) is 0 Å². The second kappa shape index (κ2) is 5.76. The van der Waals surface area contributed by atoms with E-state index >= 15 is 0 Å². The van der Waals surface area contributed by atoms with Crippen molar-refractivity contribution >= 4 is 0 Å². The quantitative estimate of drug-likeness (QED) is 0.504. The Kier molecular flexibility index (Phi) is 5.56. The Morgan fingerprint density at radius 2 is 1.26 bits per heavy atom. The molecule has 0 heterocycles. The molecule has 116 valence electrons. The molecule has 0 amide bonds. The molecule has 0 aliphatic rings. The Bertz CT molecular complexity index is 284. The molecule has 0 saturated carbocycles. The molecule has 0 rings (SSSR count). The second-order valence-corrected chi connectivity index (χ2v) is 3.65. The first-order valence-electron chi connectivity index (χ1n) is 5.09. The van der Waals surface area contributed by atoms with Crippen LogP contribution in [0.25, 0.3) is 0 Å². The van der Waals surface area contributed by atoms with Crippen LogP contribution in [-0.2, 0) is 4.74 Å². The van der Waals surface area contributed by atoms with Crippen LogP contribution in [0.15, 0.2) is 0 Å². The van der Waals surface area contributed by atoms with Gasteiger partial charge in [-0.1, -0.05) is 0 Å². The predicted molar refractivity (Wildman–Crippen MR) is 46.6 cm³/mol. The highest BCUT2D eigenvalue weighted by molar-refractivity contribution is 5.00. The lowest BCUT2D eigenvalue weighted by molar-refractivity contribution is -0.396. The summed E-state index contributed by atoms with van der Waals surface area (Å²) in [7, 11) is 0. The number of hydrogen-bond donors (Lipinski definition) is 0. The van der Waals surface area contributed by atoms with Gasteiger partial charge in [-0.3, -0.25) is 0 Å². The minimum atomic E-state index is -6.81. The summed E-state index contributed by atoms with van der Waals surface area (Å²) in [6.07, 6.45) is -9.38. The van der Waals surface area contributed by atoms with E-state index in [0.29, 0.717) is 0 Å². The summed E-state index contributed by atoms with van der Waals surface area (Å²) < 4.78 is 116. The van der Waals surface area contributed by atoms with Crippen LogP contribution >= 0.6 is 0 Å². The molecule has 10 heteroatoms. The van der Waals surface area contributed by atoms with Crippen LogP contribution in [0.4, 0.5) is 39.5 Å². The zero-order valence-corrected chi connectivity index (χ0v) is 9.64. The van der Waals surface area contributed by atoms with Gasteiger partial charge in [0, 0.05) is 19.6 Å². The van der Waals surface area contributed by atoms with E-state index in [4.69, 9.17) is 0 Å². The van der Waals surface area contributed by atoms with Gasteiger partial charge in [0.1, 0.15) is 0 Å². The van der Waals surface area contributed by atoms with E-state index in [1.165, 1.54) is 6.92 Å². The first-order valence-corrected chi connectivity index (χ1v) is 5.09. The van der Waals surface area contributed by atoms with Crippen LogP contribution in [0.1, 0.15) is 19.8 Å². The van der Waals surface area contributed by atoms with Gasteiger partial charge in [-0.05, 0) is 13.3 Å².